The van der Waals surface area contributed by atoms with Gasteiger partial charge in [-0.3, -0.25) is 0 Å². The Bertz CT molecular complexity index is 1110. The Morgan fingerprint density at radius 1 is 0.815 bits per heavy atom. The van der Waals surface area contributed by atoms with Crippen LogP contribution in [-0.4, -0.2) is 9.78 Å². The summed E-state index contributed by atoms with van der Waals surface area (Å²) in [7, 11) is 0. The second kappa shape index (κ2) is 6.13. The van der Waals surface area contributed by atoms with Gasteiger partial charge in [-0.05, 0) is 48.7 Å². The Balaban J connectivity index is 1.57. The van der Waals surface area contributed by atoms with Crippen LogP contribution in [0.5, 0.6) is 0 Å². The van der Waals surface area contributed by atoms with Gasteiger partial charge in [0.05, 0.1) is 11.4 Å². The Morgan fingerprint density at radius 3 is 2.33 bits per heavy atom. The van der Waals surface area contributed by atoms with Crippen molar-refractivity contribution in [3.63, 3.8) is 0 Å². The lowest BCUT2D eigenvalue weighted by molar-refractivity contribution is 0.571. The summed E-state index contributed by atoms with van der Waals surface area (Å²) in [5.74, 6) is 0. The maximum Gasteiger partial charge on any atom is 0.147 e. The van der Waals surface area contributed by atoms with Crippen LogP contribution in [0.25, 0.3) is 22.4 Å². The predicted molar refractivity (Wildman–Crippen MR) is 111 cm³/mol. The van der Waals surface area contributed by atoms with Crippen molar-refractivity contribution in [2.45, 2.75) is 20.0 Å². The number of rotatable bonds is 2. The summed E-state index contributed by atoms with van der Waals surface area (Å²) >= 11 is 0. The lowest BCUT2D eigenvalue weighted by Gasteiger charge is -2.29. The molecule has 27 heavy (non-hydrogen) atoms. The molecule has 0 bridgehead atoms. The maximum atomic E-state index is 4.77. The largest absolute Gasteiger partial charge is 0.359 e. The first kappa shape index (κ1) is 15.9. The van der Waals surface area contributed by atoms with E-state index in [0.29, 0.717) is 0 Å². The van der Waals surface area contributed by atoms with Crippen molar-refractivity contribution < 1.29 is 0 Å². The molecule has 0 fully saturated rings. The van der Waals surface area contributed by atoms with Crippen LogP contribution in [0.1, 0.15) is 23.0 Å². The minimum atomic E-state index is -0.00581. The molecule has 1 aliphatic heterocycles. The first-order valence-electron chi connectivity index (χ1n) is 9.28. The summed E-state index contributed by atoms with van der Waals surface area (Å²) in [6.45, 7) is 4.18. The van der Waals surface area contributed by atoms with Gasteiger partial charge in [0.1, 0.15) is 6.17 Å². The molecule has 4 aromatic rings. The van der Waals surface area contributed by atoms with Gasteiger partial charge in [-0.25, -0.2) is 4.68 Å². The van der Waals surface area contributed by atoms with E-state index in [-0.39, 0.29) is 6.17 Å². The zero-order chi connectivity index (χ0) is 18.4. The van der Waals surface area contributed by atoms with Gasteiger partial charge in [0.15, 0.2) is 0 Å². The number of hydrogen-bond donors (Lipinski definition) is 1. The zero-order valence-electron chi connectivity index (χ0n) is 15.5. The lowest BCUT2D eigenvalue weighted by Crippen LogP contribution is -2.25. The van der Waals surface area contributed by atoms with Crippen LogP contribution in [0.4, 0.5) is 5.69 Å². The molecule has 1 unspecified atom stereocenters. The molecule has 1 N–H and O–H groups in total. The van der Waals surface area contributed by atoms with Gasteiger partial charge in [-0.15, -0.1) is 0 Å². The fourth-order valence-electron chi connectivity index (χ4n) is 3.83. The summed E-state index contributed by atoms with van der Waals surface area (Å²) in [4.78, 5) is 0. The van der Waals surface area contributed by atoms with E-state index in [4.69, 9.17) is 5.10 Å². The fourth-order valence-corrected chi connectivity index (χ4v) is 3.83. The van der Waals surface area contributed by atoms with Gasteiger partial charge >= 0.3 is 0 Å². The number of fused-ring (bicyclic) bond motifs is 3. The molecule has 3 heteroatoms. The Labute approximate surface area is 159 Å². The number of anilines is 1. The molecule has 3 aromatic carbocycles. The highest BCUT2D eigenvalue weighted by Crippen LogP contribution is 2.39. The SMILES string of the molecule is Cc1ccc2c(c1)-c1cc(C)nn1C(c1ccc(-c3ccccc3)cc1)N2. The highest BCUT2D eigenvalue weighted by Gasteiger charge is 2.26. The fraction of sp³-hybridized carbons (Fsp3) is 0.125. The van der Waals surface area contributed by atoms with Crippen LogP contribution in [-0.2, 0) is 0 Å². The minimum absolute atomic E-state index is 0.00581. The third kappa shape index (κ3) is 2.72. The van der Waals surface area contributed by atoms with Crippen molar-refractivity contribution in [1.82, 2.24) is 9.78 Å². The van der Waals surface area contributed by atoms with Crippen molar-refractivity contribution in [3.05, 3.63) is 95.7 Å². The number of benzene rings is 3. The third-order valence-electron chi connectivity index (χ3n) is 5.18. The molecular formula is C24H21N3. The van der Waals surface area contributed by atoms with E-state index in [9.17, 15) is 0 Å². The second-order valence-electron chi connectivity index (χ2n) is 7.20. The van der Waals surface area contributed by atoms with E-state index in [0.717, 1.165) is 11.4 Å². The number of nitrogens with zero attached hydrogens (tertiary/aromatic N) is 2. The molecule has 1 atom stereocenters. The van der Waals surface area contributed by atoms with Crippen LogP contribution in [0.3, 0.4) is 0 Å². The van der Waals surface area contributed by atoms with Gasteiger partial charge < -0.3 is 5.32 Å². The summed E-state index contributed by atoms with van der Waals surface area (Å²) in [5.41, 5.74) is 9.49. The quantitative estimate of drug-likeness (QED) is 0.494. The molecular weight excluding hydrogens is 330 g/mol. The van der Waals surface area contributed by atoms with E-state index in [1.807, 2.05) is 6.07 Å². The summed E-state index contributed by atoms with van der Waals surface area (Å²) < 4.78 is 2.11. The maximum absolute atomic E-state index is 4.77. The van der Waals surface area contributed by atoms with Crippen molar-refractivity contribution in [2.24, 2.45) is 0 Å². The normalized spacial score (nSPS) is 15.0. The van der Waals surface area contributed by atoms with Gasteiger partial charge in [0.25, 0.3) is 0 Å². The summed E-state index contributed by atoms with van der Waals surface area (Å²) in [6.07, 6.45) is -0.00581. The van der Waals surface area contributed by atoms with Crippen LogP contribution in [0.15, 0.2) is 78.9 Å². The number of hydrogen-bond acceptors (Lipinski definition) is 2. The van der Waals surface area contributed by atoms with Crippen molar-refractivity contribution in [2.75, 3.05) is 5.32 Å². The molecule has 5 rings (SSSR count). The van der Waals surface area contributed by atoms with Crippen molar-refractivity contribution in [1.29, 1.82) is 0 Å². The number of aryl methyl sites for hydroxylation is 2. The van der Waals surface area contributed by atoms with Crippen molar-refractivity contribution >= 4 is 5.69 Å². The Morgan fingerprint density at radius 2 is 1.56 bits per heavy atom. The molecule has 0 amide bonds. The highest BCUT2D eigenvalue weighted by molar-refractivity contribution is 5.79. The third-order valence-corrected chi connectivity index (χ3v) is 5.18. The molecule has 0 spiro atoms. The highest BCUT2D eigenvalue weighted by atomic mass is 15.4. The standard InChI is InChI=1S/C24H21N3/c1-16-8-13-22-21(14-16)23-15-17(2)26-27(23)24(25-22)20-11-9-19(10-12-20)18-6-4-3-5-7-18/h3-15,24-25H,1-2H3. The van der Waals surface area contributed by atoms with E-state index >= 15 is 0 Å². The van der Waals surface area contributed by atoms with Crippen LogP contribution in [0, 0.1) is 13.8 Å². The van der Waals surface area contributed by atoms with Crippen LogP contribution >= 0.6 is 0 Å². The van der Waals surface area contributed by atoms with E-state index in [1.165, 1.54) is 33.5 Å². The molecule has 0 radical (unpaired) electrons. The van der Waals surface area contributed by atoms with E-state index in [1.54, 1.807) is 0 Å². The monoisotopic (exact) mass is 351 g/mol. The molecule has 1 aromatic heterocycles. The first-order valence-corrected chi connectivity index (χ1v) is 9.28. The van der Waals surface area contributed by atoms with Gasteiger partial charge in [0, 0.05) is 11.3 Å². The topological polar surface area (TPSA) is 29.9 Å². The summed E-state index contributed by atoms with van der Waals surface area (Å²) in [6, 6.07) is 28.0. The van der Waals surface area contributed by atoms with Crippen LogP contribution in [0.2, 0.25) is 0 Å². The smallest absolute Gasteiger partial charge is 0.147 e. The molecule has 0 saturated heterocycles. The molecule has 132 valence electrons. The molecule has 0 saturated carbocycles. The number of nitrogens with one attached hydrogen (secondary N) is 1. The van der Waals surface area contributed by atoms with Crippen LogP contribution < -0.4 is 5.32 Å². The van der Waals surface area contributed by atoms with Crippen molar-refractivity contribution in [3.8, 4) is 22.4 Å². The van der Waals surface area contributed by atoms with Gasteiger partial charge in [0.2, 0.25) is 0 Å². The zero-order valence-corrected chi connectivity index (χ0v) is 15.5. The van der Waals surface area contributed by atoms with E-state index in [2.05, 4.69) is 96.6 Å². The van der Waals surface area contributed by atoms with Gasteiger partial charge in [-0.2, -0.15) is 5.10 Å². The minimum Gasteiger partial charge on any atom is -0.359 e. The Hall–Kier alpha value is -3.33. The summed E-state index contributed by atoms with van der Waals surface area (Å²) in [5, 5.41) is 8.44. The number of aromatic nitrogens is 2. The average Bonchev–Trinajstić information content (AvgIpc) is 3.10. The Kier molecular flexibility index (Phi) is 3.61. The average molecular weight is 351 g/mol. The molecule has 1 aliphatic rings. The van der Waals surface area contributed by atoms with Gasteiger partial charge in [-0.1, -0.05) is 66.2 Å². The molecule has 2 heterocycles. The predicted octanol–water partition coefficient (Wildman–Crippen LogP) is 5.81. The second-order valence-corrected chi connectivity index (χ2v) is 7.20. The molecule has 3 nitrogen and oxygen atoms in total. The molecule has 0 aliphatic carbocycles. The lowest BCUT2D eigenvalue weighted by atomic mass is 10.00. The first-order chi connectivity index (χ1) is 13.2. The van der Waals surface area contributed by atoms with E-state index < -0.39 is 0 Å².